The molecule has 0 bridgehead atoms. The number of fused-ring (bicyclic) bond motifs is 2. The van der Waals surface area contributed by atoms with Gasteiger partial charge in [0.25, 0.3) is 5.91 Å². The molecule has 3 N–H and O–H groups in total. The number of carbonyl (C=O) groups is 2. The van der Waals surface area contributed by atoms with E-state index in [2.05, 4.69) is 15.7 Å². The van der Waals surface area contributed by atoms with Crippen molar-refractivity contribution >= 4 is 34.7 Å². The van der Waals surface area contributed by atoms with Crippen molar-refractivity contribution in [2.75, 3.05) is 18.5 Å². The van der Waals surface area contributed by atoms with Crippen molar-refractivity contribution in [3.63, 3.8) is 0 Å². The van der Waals surface area contributed by atoms with E-state index in [1.165, 1.54) is 6.07 Å². The van der Waals surface area contributed by atoms with E-state index in [-0.39, 0.29) is 18.1 Å². The molecule has 9 nitrogen and oxygen atoms in total. The van der Waals surface area contributed by atoms with Crippen molar-refractivity contribution < 1.29 is 28.6 Å². The van der Waals surface area contributed by atoms with Crippen LogP contribution in [0.4, 0.5) is 10.1 Å². The molecule has 0 spiro atoms. The SMILES string of the molecule is Cc1cc(CNC(=O)c2cc3c(-c4ccc5c(c4Cl)NCCO5)c([C@H](OC(C)(C)C)C(=O)O)c(C)cn3n2)ccc1F. The minimum atomic E-state index is -1.34. The number of carbonyl (C=O) groups excluding carboxylic acids is 1. The van der Waals surface area contributed by atoms with Crippen LogP contribution in [-0.4, -0.2) is 45.3 Å². The third-order valence-electron chi connectivity index (χ3n) is 6.90. The number of nitrogens with zero attached hydrogens (tertiary/aromatic N) is 2. The molecule has 3 heterocycles. The molecule has 0 saturated heterocycles. The van der Waals surface area contributed by atoms with E-state index in [4.69, 9.17) is 21.1 Å². The number of halogens is 2. The quantitative estimate of drug-likeness (QED) is 0.237. The number of pyridine rings is 1. The zero-order valence-electron chi connectivity index (χ0n) is 24.0. The van der Waals surface area contributed by atoms with Crippen LogP contribution in [0.5, 0.6) is 5.75 Å². The maximum absolute atomic E-state index is 13.7. The van der Waals surface area contributed by atoms with Crippen molar-refractivity contribution in [2.24, 2.45) is 0 Å². The van der Waals surface area contributed by atoms with Crippen LogP contribution in [0.3, 0.4) is 0 Å². The predicted octanol–water partition coefficient (Wildman–Crippen LogP) is 6.09. The van der Waals surface area contributed by atoms with Gasteiger partial charge in [-0.3, -0.25) is 4.79 Å². The van der Waals surface area contributed by atoms with Crippen molar-refractivity contribution in [3.8, 4) is 16.9 Å². The Balaban J connectivity index is 1.66. The maximum atomic E-state index is 13.7. The van der Waals surface area contributed by atoms with Crippen molar-refractivity contribution in [1.29, 1.82) is 0 Å². The second-order valence-corrected chi connectivity index (χ2v) is 11.6. The molecule has 2 aromatic heterocycles. The lowest BCUT2D eigenvalue weighted by atomic mass is 9.91. The molecule has 0 fully saturated rings. The Morgan fingerprint density at radius 3 is 2.67 bits per heavy atom. The molecule has 1 aliphatic heterocycles. The Morgan fingerprint density at radius 1 is 1.21 bits per heavy atom. The number of nitrogens with one attached hydrogen (secondary N) is 2. The minimum Gasteiger partial charge on any atom is -0.490 e. The molecule has 11 heteroatoms. The number of aryl methyl sites for hydroxylation is 2. The molecule has 0 aliphatic carbocycles. The molecule has 1 atom stereocenters. The number of aromatic nitrogens is 2. The molecule has 4 aromatic rings. The molecule has 2 aromatic carbocycles. The minimum absolute atomic E-state index is 0.116. The van der Waals surface area contributed by atoms with Gasteiger partial charge in [0, 0.05) is 36.0 Å². The molecular weight excluding hydrogens is 563 g/mol. The maximum Gasteiger partial charge on any atom is 0.337 e. The Bertz CT molecular complexity index is 1710. The van der Waals surface area contributed by atoms with Gasteiger partial charge in [-0.1, -0.05) is 23.7 Å². The van der Waals surface area contributed by atoms with Crippen LogP contribution in [-0.2, 0) is 16.1 Å². The largest absolute Gasteiger partial charge is 0.490 e. The summed E-state index contributed by atoms with van der Waals surface area (Å²) in [5, 5.41) is 21.3. The summed E-state index contributed by atoms with van der Waals surface area (Å²) in [4.78, 5) is 25.9. The van der Waals surface area contributed by atoms with E-state index < -0.39 is 23.6 Å². The first-order valence-corrected chi connectivity index (χ1v) is 13.9. The van der Waals surface area contributed by atoms with Gasteiger partial charge in [-0.05, 0) is 75.6 Å². The lowest BCUT2D eigenvalue weighted by molar-refractivity contribution is -0.160. The third kappa shape index (κ3) is 5.77. The van der Waals surface area contributed by atoms with E-state index >= 15 is 0 Å². The van der Waals surface area contributed by atoms with Crippen LogP contribution < -0.4 is 15.4 Å². The van der Waals surface area contributed by atoms with Crippen LogP contribution in [0.15, 0.2) is 42.6 Å². The fourth-order valence-electron chi connectivity index (χ4n) is 5.05. The standard InChI is InChI=1S/C31H32ClFN4O5/c1-16-12-18(6-8-20(16)33)14-35-29(38)21-13-22-25(19-7-9-23-27(26(19)32)34-10-11-41-23)24(17(2)15-37(22)36-21)28(30(39)40)42-31(3,4)5/h6-9,12-13,15,28,34H,10-11,14H2,1-5H3,(H,35,38)(H,39,40)/t28-/m0/s1. The summed E-state index contributed by atoms with van der Waals surface area (Å²) < 4.78 is 27.0. The number of aliphatic carboxylic acids is 1. The number of carboxylic acids is 1. The Hall–Kier alpha value is -4.15. The highest BCUT2D eigenvalue weighted by Gasteiger charge is 2.33. The average molecular weight is 595 g/mol. The van der Waals surface area contributed by atoms with Gasteiger partial charge in [-0.25, -0.2) is 13.7 Å². The summed E-state index contributed by atoms with van der Waals surface area (Å²) in [5.74, 6) is -1.34. The van der Waals surface area contributed by atoms with Gasteiger partial charge in [0.1, 0.15) is 18.2 Å². The van der Waals surface area contributed by atoms with Gasteiger partial charge in [-0.15, -0.1) is 0 Å². The van der Waals surface area contributed by atoms with Gasteiger partial charge < -0.3 is 25.2 Å². The fraction of sp³-hybridized carbons (Fsp3) is 0.323. The Morgan fingerprint density at radius 2 is 1.98 bits per heavy atom. The Labute approximate surface area is 247 Å². The fourth-order valence-corrected chi connectivity index (χ4v) is 5.37. The first-order chi connectivity index (χ1) is 19.8. The molecule has 1 amide bonds. The zero-order chi connectivity index (χ0) is 30.3. The van der Waals surface area contributed by atoms with Crippen LogP contribution >= 0.6 is 11.6 Å². The summed E-state index contributed by atoms with van der Waals surface area (Å²) in [7, 11) is 0. The summed E-state index contributed by atoms with van der Waals surface area (Å²) in [6, 6.07) is 9.78. The lowest BCUT2D eigenvalue weighted by Crippen LogP contribution is -2.28. The first-order valence-electron chi connectivity index (χ1n) is 13.5. The molecule has 220 valence electrons. The smallest absolute Gasteiger partial charge is 0.337 e. The molecule has 1 aliphatic rings. The van der Waals surface area contributed by atoms with E-state index in [9.17, 15) is 19.1 Å². The number of hydrogen-bond donors (Lipinski definition) is 3. The summed E-state index contributed by atoms with van der Waals surface area (Å²) in [6.45, 7) is 10.0. The number of amides is 1. The molecule has 5 rings (SSSR count). The van der Waals surface area contributed by atoms with Crippen LogP contribution in [0.2, 0.25) is 5.02 Å². The highest BCUT2D eigenvalue weighted by Crippen LogP contribution is 2.46. The van der Waals surface area contributed by atoms with Gasteiger partial charge in [0.05, 0.1) is 21.8 Å². The highest BCUT2D eigenvalue weighted by molar-refractivity contribution is 6.36. The van der Waals surface area contributed by atoms with Crippen molar-refractivity contribution in [1.82, 2.24) is 14.9 Å². The van der Waals surface area contributed by atoms with E-state index in [1.54, 1.807) is 75.7 Å². The topological polar surface area (TPSA) is 114 Å². The van der Waals surface area contributed by atoms with Crippen LogP contribution in [0.1, 0.15) is 59.6 Å². The number of carboxylic acid groups (broad SMARTS) is 1. The number of ether oxygens (including phenoxy) is 2. The zero-order valence-corrected chi connectivity index (χ0v) is 24.7. The molecule has 42 heavy (non-hydrogen) atoms. The average Bonchev–Trinajstić information content (AvgIpc) is 3.35. The lowest BCUT2D eigenvalue weighted by Gasteiger charge is -2.29. The number of hydrogen-bond acceptors (Lipinski definition) is 6. The molecule has 0 unspecified atom stereocenters. The van der Waals surface area contributed by atoms with Gasteiger partial charge >= 0.3 is 5.97 Å². The Kier molecular flexibility index (Phi) is 7.87. The van der Waals surface area contributed by atoms with Crippen molar-refractivity contribution in [2.45, 2.75) is 52.9 Å². The van der Waals surface area contributed by atoms with Gasteiger partial charge in [0.15, 0.2) is 11.8 Å². The summed E-state index contributed by atoms with van der Waals surface area (Å²) in [5.41, 5.74) is 3.63. The van der Waals surface area contributed by atoms with Crippen molar-refractivity contribution in [3.05, 3.63) is 81.4 Å². The van der Waals surface area contributed by atoms with Crippen LogP contribution in [0.25, 0.3) is 16.6 Å². The van der Waals surface area contributed by atoms with Crippen LogP contribution in [0, 0.1) is 19.7 Å². The first kappa shape index (κ1) is 29.3. The third-order valence-corrected chi connectivity index (χ3v) is 7.29. The summed E-state index contributed by atoms with van der Waals surface area (Å²) >= 11 is 6.95. The number of benzene rings is 2. The predicted molar refractivity (Wildman–Crippen MR) is 158 cm³/mol. The van der Waals surface area contributed by atoms with E-state index in [0.29, 0.717) is 62.9 Å². The molecule has 0 radical (unpaired) electrons. The number of rotatable bonds is 7. The van der Waals surface area contributed by atoms with E-state index in [0.717, 1.165) is 5.56 Å². The molecular formula is C31H32ClFN4O5. The summed E-state index contributed by atoms with van der Waals surface area (Å²) in [6.07, 6.45) is 0.333. The second kappa shape index (κ2) is 11.3. The second-order valence-electron chi connectivity index (χ2n) is 11.3. The number of anilines is 1. The highest BCUT2D eigenvalue weighted by atomic mass is 35.5. The van der Waals surface area contributed by atoms with Gasteiger partial charge in [-0.2, -0.15) is 5.10 Å². The van der Waals surface area contributed by atoms with E-state index in [1.807, 2.05) is 0 Å². The monoisotopic (exact) mass is 594 g/mol. The van der Waals surface area contributed by atoms with Gasteiger partial charge in [0.2, 0.25) is 0 Å². The molecule has 0 saturated carbocycles. The normalized spacial score (nSPS) is 13.7.